The Balaban J connectivity index is 1.96. The van der Waals surface area contributed by atoms with Gasteiger partial charge in [0.1, 0.15) is 0 Å². The van der Waals surface area contributed by atoms with Gasteiger partial charge in [-0.1, -0.05) is 0 Å². The Bertz CT molecular complexity index is 534. The SMILES string of the molecule is CCNc1nc(NCCc2ccncc2)nc(OC)n1. The number of hydrogen-bond donors (Lipinski definition) is 2. The lowest BCUT2D eigenvalue weighted by Crippen LogP contribution is -2.12. The minimum Gasteiger partial charge on any atom is -0.467 e. The minimum atomic E-state index is 0.294. The predicted molar refractivity (Wildman–Crippen MR) is 77.0 cm³/mol. The molecular formula is C13H18N6O. The first-order valence-electron chi connectivity index (χ1n) is 6.48. The van der Waals surface area contributed by atoms with Crippen molar-refractivity contribution in [2.45, 2.75) is 13.3 Å². The lowest BCUT2D eigenvalue weighted by molar-refractivity contribution is 0.379. The van der Waals surface area contributed by atoms with Crippen LogP contribution in [0, 0.1) is 0 Å². The van der Waals surface area contributed by atoms with Crippen LogP contribution >= 0.6 is 0 Å². The van der Waals surface area contributed by atoms with Crippen LogP contribution < -0.4 is 15.4 Å². The number of aromatic nitrogens is 4. The molecule has 7 nitrogen and oxygen atoms in total. The Labute approximate surface area is 117 Å². The second-order valence-corrected chi connectivity index (χ2v) is 4.03. The van der Waals surface area contributed by atoms with Crippen molar-refractivity contribution < 1.29 is 4.74 Å². The highest BCUT2D eigenvalue weighted by Crippen LogP contribution is 2.10. The van der Waals surface area contributed by atoms with E-state index in [-0.39, 0.29) is 0 Å². The molecule has 2 aromatic heterocycles. The molecule has 0 bridgehead atoms. The molecule has 0 spiro atoms. The monoisotopic (exact) mass is 274 g/mol. The maximum absolute atomic E-state index is 5.06. The zero-order chi connectivity index (χ0) is 14.2. The molecule has 2 N–H and O–H groups in total. The molecule has 0 fully saturated rings. The van der Waals surface area contributed by atoms with E-state index in [9.17, 15) is 0 Å². The summed E-state index contributed by atoms with van der Waals surface area (Å²) in [7, 11) is 1.53. The van der Waals surface area contributed by atoms with Crippen LogP contribution in [-0.2, 0) is 6.42 Å². The first-order valence-corrected chi connectivity index (χ1v) is 6.48. The van der Waals surface area contributed by atoms with Crippen LogP contribution in [0.25, 0.3) is 0 Å². The van der Waals surface area contributed by atoms with Gasteiger partial charge in [0.15, 0.2) is 0 Å². The maximum Gasteiger partial charge on any atom is 0.322 e. The molecule has 0 unspecified atom stereocenters. The van der Waals surface area contributed by atoms with Crippen LogP contribution in [0.15, 0.2) is 24.5 Å². The van der Waals surface area contributed by atoms with E-state index in [1.54, 1.807) is 12.4 Å². The number of ether oxygens (including phenoxy) is 1. The number of anilines is 2. The molecule has 0 aromatic carbocycles. The average Bonchev–Trinajstić information content (AvgIpc) is 2.48. The molecule has 2 rings (SSSR count). The van der Waals surface area contributed by atoms with Gasteiger partial charge in [-0.3, -0.25) is 4.98 Å². The fraction of sp³-hybridized carbons (Fsp3) is 0.385. The van der Waals surface area contributed by atoms with Crippen LogP contribution in [-0.4, -0.2) is 40.1 Å². The predicted octanol–water partition coefficient (Wildman–Crippen LogP) is 1.36. The zero-order valence-electron chi connectivity index (χ0n) is 11.6. The van der Waals surface area contributed by atoms with Gasteiger partial charge in [-0.2, -0.15) is 15.0 Å². The van der Waals surface area contributed by atoms with E-state index in [1.165, 1.54) is 12.7 Å². The van der Waals surface area contributed by atoms with Crippen molar-refractivity contribution >= 4 is 11.9 Å². The molecule has 0 atom stereocenters. The van der Waals surface area contributed by atoms with Gasteiger partial charge >= 0.3 is 6.01 Å². The van der Waals surface area contributed by atoms with E-state index in [1.807, 2.05) is 19.1 Å². The average molecular weight is 274 g/mol. The van der Waals surface area contributed by atoms with Crippen LogP contribution in [0.2, 0.25) is 0 Å². The molecule has 0 aliphatic rings. The Morgan fingerprint density at radius 3 is 2.40 bits per heavy atom. The van der Waals surface area contributed by atoms with Crippen molar-refractivity contribution in [1.82, 2.24) is 19.9 Å². The third kappa shape index (κ3) is 4.04. The van der Waals surface area contributed by atoms with Gasteiger partial charge in [0, 0.05) is 25.5 Å². The minimum absolute atomic E-state index is 0.294. The van der Waals surface area contributed by atoms with Gasteiger partial charge in [0.05, 0.1) is 7.11 Å². The van der Waals surface area contributed by atoms with Gasteiger partial charge in [-0.25, -0.2) is 0 Å². The van der Waals surface area contributed by atoms with Crippen molar-refractivity contribution in [3.05, 3.63) is 30.1 Å². The summed E-state index contributed by atoms with van der Waals surface area (Å²) in [6.45, 7) is 3.44. The Kier molecular flexibility index (Phi) is 5.05. The Morgan fingerprint density at radius 2 is 1.75 bits per heavy atom. The van der Waals surface area contributed by atoms with Gasteiger partial charge < -0.3 is 15.4 Å². The highest BCUT2D eigenvalue weighted by molar-refractivity contribution is 5.35. The molecule has 0 amide bonds. The number of pyridine rings is 1. The van der Waals surface area contributed by atoms with E-state index in [2.05, 4.69) is 30.6 Å². The van der Waals surface area contributed by atoms with Crippen LogP contribution in [0.3, 0.4) is 0 Å². The van der Waals surface area contributed by atoms with Gasteiger partial charge in [-0.15, -0.1) is 0 Å². The molecule has 2 heterocycles. The third-order valence-electron chi connectivity index (χ3n) is 2.58. The van der Waals surface area contributed by atoms with Gasteiger partial charge in [-0.05, 0) is 31.0 Å². The fourth-order valence-corrected chi connectivity index (χ4v) is 1.63. The molecule has 0 saturated carbocycles. The largest absolute Gasteiger partial charge is 0.467 e. The molecule has 106 valence electrons. The number of nitrogens with zero attached hydrogens (tertiary/aromatic N) is 4. The maximum atomic E-state index is 5.06. The molecule has 20 heavy (non-hydrogen) atoms. The summed E-state index contributed by atoms with van der Waals surface area (Å²) < 4.78 is 5.06. The lowest BCUT2D eigenvalue weighted by Gasteiger charge is -2.08. The van der Waals surface area contributed by atoms with Crippen molar-refractivity contribution in [3.63, 3.8) is 0 Å². The van der Waals surface area contributed by atoms with Crippen molar-refractivity contribution in [2.24, 2.45) is 0 Å². The number of nitrogens with one attached hydrogen (secondary N) is 2. The van der Waals surface area contributed by atoms with E-state index < -0.39 is 0 Å². The summed E-state index contributed by atoms with van der Waals surface area (Å²) in [5.74, 6) is 1.01. The number of hydrogen-bond acceptors (Lipinski definition) is 7. The molecule has 0 aliphatic heterocycles. The highest BCUT2D eigenvalue weighted by Gasteiger charge is 2.05. The summed E-state index contributed by atoms with van der Waals surface area (Å²) in [4.78, 5) is 16.5. The highest BCUT2D eigenvalue weighted by atomic mass is 16.5. The second kappa shape index (κ2) is 7.22. The quantitative estimate of drug-likeness (QED) is 0.788. The summed E-state index contributed by atoms with van der Waals surface area (Å²) in [5.41, 5.74) is 1.21. The molecule has 2 aromatic rings. The van der Waals surface area contributed by atoms with Crippen molar-refractivity contribution in [2.75, 3.05) is 30.8 Å². The van der Waals surface area contributed by atoms with Crippen LogP contribution in [0.1, 0.15) is 12.5 Å². The normalized spacial score (nSPS) is 10.1. The molecule has 7 heteroatoms. The van der Waals surface area contributed by atoms with E-state index in [0.29, 0.717) is 17.9 Å². The topological polar surface area (TPSA) is 84.9 Å². The first-order chi connectivity index (χ1) is 9.81. The van der Waals surface area contributed by atoms with E-state index in [4.69, 9.17) is 4.74 Å². The molecule has 0 radical (unpaired) electrons. The summed E-state index contributed by atoms with van der Waals surface area (Å²) in [6.07, 6.45) is 4.43. The Hall–Kier alpha value is -2.44. The Morgan fingerprint density at radius 1 is 1.05 bits per heavy atom. The van der Waals surface area contributed by atoms with Crippen molar-refractivity contribution in [3.8, 4) is 6.01 Å². The standard InChI is InChI=1S/C13H18N6O/c1-3-15-11-17-12(19-13(18-11)20-2)16-9-6-10-4-7-14-8-5-10/h4-5,7-8H,3,6,9H2,1-2H3,(H2,15,16,17,18,19). The van der Waals surface area contributed by atoms with Crippen LogP contribution in [0.4, 0.5) is 11.9 Å². The summed E-state index contributed by atoms with van der Waals surface area (Å²) in [5, 5.41) is 6.20. The molecule has 0 saturated heterocycles. The molecular weight excluding hydrogens is 256 g/mol. The fourth-order valence-electron chi connectivity index (χ4n) is 1.63. The summed E-state index contributed by atoms with van der Waals surface area (Å²) in [6, 6.07) is 4.27. The lowest BCUT2D eigenvalue weighted by atomic mass is 10.2. The van der Waals surface area contributed by atoms with Crippen molar-refractivity contribution in [1.29, 1.82) is 0 Å². The second-order valence-electron chi connectivity index (χ2n) is 4.03. The summed E-state index contributed by atoms with van der Waals surface area (Å²) >= 11 is 0. The third-order valence-corrected chi connectivity index (χ3v) is 2.58. The first kappa shape index (κ1) is 14.0. The van der Waals surface area contributed by atoms with Crippen LogP contribution in [0.5, 0.6) is 6.01 Å². The number of rotatable bonds is 7. The molecule has 0 aliphatic carbocycles. The van der Waals surface area contributed by atoms with E-state index >= 15 is 0 Å². The van der Waals surface area contributed by atoms with E-state index in [0.717, 1.165) is 19.5 Å². The van der Waals surface area contributed by atoms with Gasteiger partial charge in [0.2, 0.25) is 11.9 Å². The smallest absolute Gasteiger partial charge is 0.322 e. The van der Waals surface area contributed by atoms with Gasteiger partial charge in [0.25, 0.3) is 0 Å². The zero-order valence-corrected chi connectivity index (χ0v) is 11.6. The number of methoxy groups -OCH3 is 1.